The number of rotatable bonds is 4. The number of aliphatic carboxylic acids is 1. The summed E-state index contributed by atoms with van der Waals surface area (Å²) >= 11 is 0. The molecule has 3 aromatic carbocycles. The fourth-order valence-corrected chi connectivity index (χ4v) is 4.45. The summed E-state index contributed by atoms with van der Waals surface area (Å²) in [4.78, 5) is 25.9. The molecule has 4 aromatic rings. The number of phenolic OH excluding ortho intramolecular Hbond substituents is 1. The standard InChI is InChI=1S/C27H20O7/c1-32-22-12-17-18(13-23(22)33-2)24(14-6-4-3-5-7-14)26-20(11-19(17)27(30)31)25(29)16-9-8-15(28)10-21(16)34-26/h3-13,24,28H,1-2H3,(H,30,31). The second kappa shape index (κ2) is 8.12. The summed E-state index contributed by atoms with van der Waals surface area (Å²) < 4.78 is 17.2. The van der Waals surface area contributed by atoms with Crippen molar-refractivity contribution >= 4 is 28.6 Å². The molecule has 1 heterocycles. The van der Waals surface area contributed by atoms with E-state index >= 15 is 0 Å². The third-order valence-electron chi connectivity index (χ3n) is 6.01. The summed E-state index contributed by atoms with van der Waals surface area (Å²) in [6.45, 7) is 0. The monoisotopic (exact) mass is 456 g/mol. The highest BCUT2D eigenvalue weighted by molar-refractivity contribution is 6.22. The number of hydrogen-bond donors (Lipinski definition) is 2. The molecule has 1 aliphatic rings. The van der Waals surface area contributed by atoms with Crippen LogP contribution < -0.4 is 14.9 Å². The highest BCUT2D eigenvalue weighted by Crippen LogP contribution is 2.45. The summed E-state index contributed by atoms with van der Waals surface area (Å²) in [6, 6.07) is 16.9. The minimum absolute atomic E-state index is 0.0472. The molecule has 0 bridgehead atoms. The van der Waals surface area contributed by atoms with Crippen LogP contribution in [0.25, 0.3) is 22.6 Å². The van der Waals surface area contributed by atoms with Crippen molar-refractivity contribution in [2.45, 2.75) is 5.92 Å². The number of methoxy groups -OCH3 is 2. The molecule has 0 amide bonds. The van der Waals surface area contributed by atoms with Crippen molar-refractivity contribution in [3.63, 3.8) is 0 Å². The molecule has 34 heavy (non-hydrogen) atoms. The van der Waals surface area contributed by atoms with Crippen LogP contribution in [-0.4, -0.2) is 30.4 Å². The molecular formula is C27H20O7. The molecule has 0 saturated carbocycles. The van der Waals surface area contributed by atoms with Crippen LogP contribution in [0.4, 0.5) is 0 Å². The van der Waals surface area contributed by atoms with Gasteiger partial charge in [-0.1, -0.05) is 30.3 Å². The fraction of sp³-hybridized carbons (Fsp3) is 0.111. The van der Waals surface area contributed by atoms with Gasteiger partial charge in [-0.15, -0.1) is 0 Å². The van der Waals surface area contributed by atoms with E-state index < -0.39 is 11.9 Å². The molecule has 0 fully saturated rings. The van der Waals surface area contributed by atoms with Crippen LogP contribution in [-0.2, 0) is 4.79 Å². The molecular weight excluding hydrogens is 436 g/mol. The maximum Gasteiger partial charge on any atom is 0.336 e. The molecule has 7 nitrogen and oxygen atoms in total. The van der Waals surface area contributed by atoms with Gasteiger partial charge in [-0.3, -0.25) is 4.79 Å². The molecule has 0 radical (unpaired) electrons. The minimum atomic E-state index is -1.20. The van der Waals surface area contributed by atoms with Gasteiger partial charge in [0.25, 0.3) is 0 Å². The van der Waals surface area contributed by atoms with Crippen molar-refractivity contribution in [2.24, 2.45) is 0 Å². The number of hydrogen-bond acceptors (Lipinski definition) is 6. The zero-order valence-electron chi connectivity index (χ0n) is 18.4. The lowest BCUT2D eigenvalue weighted by Crippen LogP contribution is -2.13. The molecule has 0 aliphatic heterocycles. The van der Waals surface area contributed by atoms with Crippen LogP contribution in [0.5, 0.6) is 17.2 Å². The highest BCUT2D eigenvalue weighted by Gasteiger charge is 2.33. The van der Waals surface area contributed by atoms with Gasteiger partial charge in [0.1, 0.15) is 17.1 Å². The Kier molecular flexibility index (Phi) is 5.09. The quantitative estimate of drug-likeness (QED) is 0.461. The van der Waals surface area contributed by atoms with E-state index in [1.807, 2.05) is 30.3 Å². The van der Waals surface area contributed by atoms with Crippen molar-refractivity contribution < 1.29 is 28.9 Å². The third-order valence-corrected chi connectivity index (χ3v) is 6.01. The number of carboxylic acid groups (broad SMARTS) is 1. The zero-order valence-corrected chi connectivity index (χ0v) is 18.4. The van der Waals surface area contributed by atoms with Crippen molar-refractivity contribution in [3.8, 4) is 17.2 Å². The number of carbonyl (C=O) groups is 1. The highest BCUT2D eigenvalue weighted by atomic mass is 16.5. The van der Waals surface area contributed by atoms with Crippen LogP contribution in [0, 0.1) is 0 Å². The maximum atomic E-state index is 13.6. The Balaban J connectivity index is 1.97. The van der Waals surface area contributed by atoms with Crippen LogP contribution in [0.3, 0.4) is 0 Å². The SMILES string of the molecule is COc1cc2c(cc1OC)C(c1ccccc1)c1oc3cc(O)ccc3c(=O)c1C=C2C(=O)O. The van der Waals surface area contributed by atoms with Gasteiger partial charge >= 0.3 is 5.97 Å². The first-order valence-electron chi connectivity index (χ1n) is 10.5. The van der Waals surface area contributed by atoms with Gasteiger partial charge < -0.3 is 24.1 Å². The lowest BCUT2D eigenvalue weighted by atomic mass is 9.84. The summed E-state index contributed by atoms with van der Waals surface area (Å²) in [7, 11) is 2.97. The number of aromatic hydroxyl groups is 1. The predicted octanol–water partition coefficient (Wildman–Crippen LogP) is 4.63. The lowest BCUT2D eigenvalue weighted by molar-refractivity contribution is -0.130. The first-order chi connectivity index (χ1) is 16.4. The lowest BCUT2D eigenvalue weighted by Gasteiger charge is -2.22. The van der Waals surface area contributed by atoms with E-state index in [-0.39, 0.29) is 39.0 Å². The molecule has 170 valence electrons. The van der Waals surface area contributed by atoms with Crippen molar-refractivity contribution in [1.82, 2.24) is 0 Å². The van der Waals surface area contributed by atoms with Gasteiger partial charge in [-0.05, 0) is 47.0 Å². The van der Waals surface area contributed by atoms with Crippen LogP contribution in [0.2, 0.25) is 0 Å². The number of phenols is 1. The number of ether oxygens (including phenoxy) is 2. The minimum Gasteiger partial charge on any atom is -0.508 e. The molecule has 0 saturated heterocycles. The van der Waals surface area contributed by atoms with E-state index in [4.69, 9.17) is 13.9 Å². The largest absolute Gasteiger partial charge is 0.508 e. The van der Waals surface area contributed by atoms with E-state index in [1.54, 1.807) is 12.1 Å². The Bertz CT molecular complexity index is 1530. The first kappa shape index (κ1) is 21.3. The number of benzene rings is 3. The van der Waals surface area contributed by atoms with Crippen molar-refractivity contribution in [1.29, 1.82) is 0 Å². The summed E-state index contributed by atoms with van der Waals surface area (Å²) in [5.74, 6) is -0.818. The molecule has 1 aliphatic carbocycles. The average Bonchev–Trinajstić information content (AvgIpc) is 2.98. The molecule has 5 rings (SSSR count). The zero-order chi connectivity index (χ0) is 24.0. The van der Waals surface area contributed by atoms with Crippen LogP contribution in [0.15, 0.2) is 69.9 Å². The van der Waals surface area contributed by atoms with E-state index in [2.05, 4.69) is 0 Å². The Morgan fingerprint density at radius 1 is 0.971 bits per heavy atom. The van der Waals surface area contributed by atoms with Gasteiger partial charge in [-0.25, -0.2) is 4.79 Å². The summed E-state index contributed by atoms with van der Waals surface area (Å²) in [5, 5.41) is 20.3. The molecule has 2 N–H and O–H groups in total. The second-order valence-electron chi connectivity index (χ2n) is 7.89. The smallest absolute Gasteiger partial charge is 0.336 e. The number of fused-ring (bicyclic) bond motifs is 3. The second-order valence-corrected chi connectivity index (χ2v) is 7.89. The van der Waals surface area contributed by atoms with Gasteiger partial charge in [0.15, 0.2) is 16.9 Å². The molecule has 1 unspecified atom stereocenters. The fourth-order valence-electron chi connectivity index (χ4n) is 4.45. The van der Waals surface area contributed by atoms with Crippen molar-refractivity contribution in [3.05, 3.63) is 98.9 Å². The van der Waals surface area contributed by atoms with Crippen LogP contribution >= 0.6 is 0 Å². The Morgan fingerprint density at radius 3 is 2.35 bits per heavy atom. The van der Waals surface area contributed by atoms with Gasteiger partial charge in [0.05, 0.1) is 36.7 Å². The van der Waals surface area contributed by atoms with Crippen LogP contribution in [0.1, 0.15) is 33.9 Å². The molecule has 0 spiro atoms. The molecule has 1 aromatic heterocycles. The normalized spacial score (nSPS) is 14.5. The summed E-state index contributed by atoms with van der Waals surface area (Å²) in [5.41, 5.74) is 1.65. The Labute approximate surface area is 194 Å². The van der Waals surface area contributed by atoms with Gasteiger partial charge in [0, 0.05) is 6.07 Å². The van der Waals surface area contributed by atoms with E-state index in [1.165, 1.54) is 38.5 Å². The molecule has 7 heteroatoms. The maximum absolute atomic E-state index is 13.6. The Hall–Kier alpha value is -4.52. The predicted molar refractivity (Wildman–Crippen MR) is 127 cm³/mol. The van der Waals surface area contributed by atoms with E-state index in [0.717, 1.165) is 5.56 Å². The van der Waals surface area contributed by atoms with E-state index in [9.17, 15) is 19.8 Å². The van der Waals surface area contributed by atoms with E-state index in [0.29, 0.717) is 22.6 Å². The first-order valence-corrected chi connectivity index (χ1v) is 10.5. The van der Waals surface area contributed by atoms with Crippen molar-refractivity contribution in [2.75, 3.05) is 14.2 Å². The molecule has 1 atom stereocenters. The summed E-state index contributed by atoms with van der Waals surface area (Å²) in [6.07, 6.45) is 1.35. The van der Waals surface area contributed by atoms with Gasteiger partial charge in [0.2, 0.25) is 0 Å². The Morgan fingerprint density at radius 2 is 1.68 bits per heavy atom. The number of carboxylic acids is 1. The average molecular weight is 456 g/mol. The third kappa shape index (κ3) is 3.29. The topological polar surface area (TPSA) is 106 Å². The van der Waals surface area contributed by atoms with Gasteiger partial charge in [-0.2, -0.15) is 0 Å².